The van der Waals surface area contributed by atoms with Crippen LogP contribution in [0.3, 0.4) is 0 Å². The molecule has 0 radical (unpaired) electrons. The van der Waals surface area contributed by atoms with Gasteiger partial charge in [0.15, 0.2) is 9.84 Å². The predicted molar refractivity (Wildman–Crippen MR) is 130 cm³/mol. The molecule has 4 rings (SSSR count). The fourth-order valence-corrected chi connectivity index (χ4v) is 6.54. The van der Waals surface area contributed by atoms with Gasteiger partial charge in [-0.05, 0) is 73.2 Å². The second-order valence-electron chi connectivity index (χ2n) is 9.02. The lowest BCUT2D eigenvalue weighted by Gasteiger charge is -2.50. The average molecular weight is 475 g/mol. The lowest BCUT2D eigenvalue weighted by atomic mass is 9.58. The summed E-state index contributed by atoms with van der Waals surface area (Å²) in [5.74, 6) is -0.248. The maximum Gasteiger partial charge on any atom is 0.225 e. The van der Waals surface area contributed by atoms with E-state index in [1.54, 1.807) is 0 Å². The Morgan fingerprint density at radius 3 is 2.56 bits per heavy atom. The molecule has 7 heteroatoms. The number of amides is 1. The minimum atomic E-state index is -3.17. The van der Waals surface area contributed by atoms with Gasteiger partial charge >= 0.3 is 0 Å². The fraction of sp³-hybridized carbons (Fsp3) is 0.480. The number of sulfone groups is 1. The molecular formula is C25H31ClN2O3S. The van der Waals surface area contributed by atoms with Gasteiger partial charge in [-0.1, -0.05) is 43.1 Å². The second-order valence-corrected chi connectivity index (χ2v) is 11.8. The molecule has 1 aliphatic heterocycles. The van der Waals surface area contributed by atoms with Crippen LogP contribution in [0.2, 0.25) is 5.02 Å². The molecule has 0 saturated heterocycles. The van der Waals surface area contributed by atoms with Crippen LogP contribution in [0.25, 0.3) is 0 Å². The van der Waals surface area contributed by atoms with Crippen molar-refractivity contribution in [2.75, 3.05) is 23.4 Å². The molecule has 172 valence electrons. The molecule has 1 unspecified atom stereocenters. The highest BCUT2D eigenvalue weighted by atomic mass is 35.5. The molecule has 1 aliphatic carbocycles. The van der Waals surface area contributed by atoms with Gasteiger partial charge in [-0.15, -0.1) is 0 Å². The van der Waals surface area contributed by atoms with Crippen LogP contribution in [0.4, 0.5) is 5.69 Å². The molecule has 0 bridgehead atoms. The van der Waals surface area contributed by atoms with Gasteiger partial charge in [0.05, 0.1) is 5.75 Å². The molecule has 2 aromatic carbocycles. The second kappa shape index (κ2) is 9.54. The van der Waals surface area contributed by atoms with Crippen molar-refractivity contribution in [3.8, 4) is 0 Å². The van der Waals surface area contributed by atoms with Crippen LogP contribution in [0.1, 0.15) is 61.8 Å². The van der Waals surface area contributed by atoms with E-state index in [-0.39, 0.29) is 35.3 Å². The van der Waals surface area contributed by atoms with Crippen molar-refractivity contribution in [1.82, 2.24) is 5.32 Å². The summed E-state index contributed by atoms with van der Waals surface area (Å²) < 4.78 is 23.9. The number of nitrogens with one attached hydrogen (secondary N) is 2. The molecule has 2 N–H and O–H groups in total. The number of carbonyl (C=O) groups excluding carboxylic acids is 1. The Hall–Kier alpha value is -1.89. The van der Waals surface area contributed by atoms with E-state index in [4.69, 9.17) is 11.6 Å². The normalized spacial score (nSPS) is 19.6. The number of fused-ring (bicyclic) bond motifs is 1. The Morgan fingerprint density at radius 2 is 1.91 bits per heavy atom. The van der Waals surface area contributed by atoms with E-state index in [9.17, 15) is 13.2 Å². The van der Waals surface area contributed by atoms with E-state index in [2.05, 4.69) is 34.9 Å². The average Bonchev–Trinajstić information content (AvgIpc) is 2.73. The smallest absolute Gasteiger partial charge is 0.225 e. The van der Waals surface area contributed by atoms with Crippen LogP contribution in [0, 0.1) is 0 Å². The zero-order valence-electron chi connectivity index (χ0n) is 18.5. The van der Waals surface area contributed by atoms with E-state index < -0.39 is 9.84 Å². The van der Waals surface area contributed by atoms with Crippen molar-refractivity contribution in [3.05, 3.63) is 64.2 Å². The minimum Gasteiger partial charge on any atom is -0.326 e. The van der Waals surface area contributed by atoms with Gasteiger partial charge in [0.1, 0.15) is 0 Å². The Kier molecular flexibility index (Phi) is 6.94. The minimum absolute atomic E-state index is 0.0180. The number of benzene rings is 2. The van der Waals surface area contributed by atoms with E-state index in [0.29, 0.717) is 6.42 Å². The SMILES string of the molecule is CCCS(=O)(=O)CCC(=O)Nc1ccc2c(c1)C(C1(c3ccc(Cl)cc3)CCC1)NCC2. The van der Waals surface area contributed by atoms with Crippen LogP contribution >= 0.6 is 11.6 Å². The first-order chi connectivity index (χ1) is 15.3. The third-order valence-corrected chi connectivity index (χ3v) is 8.96. The number of hydrogen-bond acceptors (Lipinski definition) is 4. The van der Waals surface area contributed by atoms with E-state index in [0.717, 1.165) is 36.5 Å². The summed E-state index contributed by atoms with van der Waals surface area (Å²) >= 11 is 6.14. The molecule has 32 heavy (non-hydrogen) atoms. The van der Waals surface area contributed by atoms with Crippen molar-refractivity contribution >= 4 is 33.0 Å². The summed E-state index contributed by atoms with van der Waals surface area (Å²) in [6.45, 7) is 2.75. The van der Waals surface area contributed by atoms with Gasteiger partial charge in [-0.3, -0.25) is 4.79 Å². The summed E-state index contributed by atoms with van der Waals surface area (Å²) in [4.78, 5) is 12.4. The summed E-state index contributed by atoms with van der Waals surface area (Å²) in [6, 6.07) is 14.5. The molecule has 2 aliphatic rings. The van der Waals surface area contributed by atoms with Crippen LogP contribution in [0.15, 0.2) is 42.5 Å². The maximum atomic E-state index is 12.4. The first-order valence-electron chi connectivity index (χ1n) is 11.5. The molecule has 1 atom stereocenters. The van der Waals surface area contributed by atoms with Gasteiger partial charge in [0, 0.05) is 34.3 Å². The summed E-state index contributed by atoms with van der Waals surface area (Å²) in [5, 5.41) is 7.40. The summed E-state index contributed by atoms with van der Waals surface area (Å²) in [5.41, 5.74) is 4.58. The van der Waals surface area contributed by atoms with Crippen LogP contribution < -0.4 is 10.6 Å². The third kappa shape index (κ3) is 4.87. The van der Waals surface area contributed by atoms with E-state index >= 15 is 0 Å². The quantitative estimate of drug-likeness (QED) is 0.576. The van der Waals surface area contributed by atoms with E-state index in [1.165, 1.54) is 23.1 Å². The lowest BCUT2D eigenvalue weighted by molar-refractivity contribution is -0.115. The summed E-state index contributed by atoms with van der Waals surface area (Å²) in [7, 11) is -3.17. The molecule has 1 fully saturated rings. The number of rotatable bonds is 8. The third-order valence-electron chi connectivity index (χ3n) is 6.86. The molecule has 0 aromatic heterocycles. The largest absolute Gasteiger partial charge is 0.326 e. The first-order valence-corrected chi connectivity index (χ1v) is 13.7. The molecule has 1 amide bonds. The molecule has 1 heterocycles. The number of carbonyl (C=O) groups is 1. The highest BCUT2D eigenvalue weighted by Crippen LogP contribution is 2.53. The van der Waals surface area contributed by atoms with Crippen LogP contribution in [-0.2, 0) is 26.5 Å². The highest BCUT2D eigenvalue weighted by Gasteiger charge is 2.47. The Labute approximate surface area is 195 Å². The lowest BCUT2D eigenvalue weighted by Crippen LogP contribution is -2.49. The van der Waals surface area contributed by atoms with Gasteiger partial charge in [0.25, 0.3) is 0 Å². The Bertz CT molecular complexity index is 1080. The topological polar surface area (TPSA) is 75.3 Å². The van der Waals surface area contributed by atoms with Crippen molar-refractivity contribution < 1.29 is 13.2 Å². The standard InChI is InChI=1S/C25H31ClN2O3S/c1-2-15-32(30,31)16-11-23(29)28-21-9-4-18-10-14-27-24(22(18)17-21)25(12-3-13-25)19-5-7-20(26)8-6-19/h4-9,17,24,27H,2-3,10-16H2,1H3,(H,28,29). The van der Waals surface area contributed by atoms with Gasteiger partial charge in [-0.25, -0.2) is 8.42 Å². The van der Waals surface area contributed by atoms with Crippen LogP contribution in [0.5, 0.6) is 0 Å². The molecule has 1 saturated carbocycles. The van der Waals surface area contributed by atoms with Crippen molar-refractivity contribution in [3.63, 3.8) is 0 Å². The van der Waals surface area contributed by atoms with Crippen molar-refractivity contribution in [2.24, 2.45) is 0 Å². The summed E-state index contributed by atoms with van der Waals surface area (Å²) in [6.07, 6.45) is 4.91. The molecule has 0 spiro atoms. The number of anilines is 1. The molecular weight excluding hydrogens is 444 g/mol. The Balaban J connectivity index is 1.55. The highest BCUT2D eigenvalue weighted by molar-refractivity contribution is 7.91. The van der Waals surface area contributed by atoms with Crippen molar-refractivity contribution in [1.29, 1.82) is 0 Å². The number of hydrogen-bond donors (Lipinski definition) is 2. The van der Waals surface area contributed by atoms with Crippen LogP contribution in [-0.4, -0.2) is 32.4 Å². The maximum absolute atomic E-state index is 12.4. The van der Waals surface area contributed by atoms with Gasteiger partial charge < -0.3 is 10.6 Å². The van der Waals surface area contributed by atoms with Gasteiger partial charge in [0.2, 0.25) is 5.91 Å². The Morgan fingerprint density at radius 1 is 1.16 bits per heavy atom. The number of halogens is 1. The van der Waals surface area contributed by atoms with Crippen molar-refractivity contribution in [2.45, 2.75) is 56.9 Å². The zero-order valence-corrected chi connectivity index (χ0v) is 20.1. The monoisotopic (exact) mass is 474 g/mol. The molecule has 2 aromatic rings. The van der Waals surface area contributed by atoms with Gasteiger partial charge in [-0.2, -0.15) is 0 Å². The zero-order chi connectivity index (χ0) is 22.8. The molecule has 5 nitrogen and oxygen atoms in total. The predicted octanol–water partition coefficient (Wildman–Crippen LogP) is 4.80. The first kappa shape index (κ1) is 23.3. The van der Waals surface area contributed by atoms with E-state index in [1.807, 2.05) is 25.1 Å². The fourth-order valence-electron chi connectivity index (χ4n) is 5.09.